The van der Waals surface area contributed by atoms with Crippen molar-refractivity contribution in [3.8, 4) is 5.75 Å². The Kier molecular flexibility index (Phi) is 6.08. The maximum absolute atomic E-state index is 12.8. The van der Waals surface area contributed by atoms with Crippen molar-refractivity contribution in [1.82, 2.24) is 15.0 Å². The van der Waals surface area contributed by atoms with Crippen molar-refractivity contribution < 1.29 is 17.9 Å². The SMILES string of the molecule is COc1ccc(C(=O)NCc2ccccn2)cc1S(=O)(=O)NC1CCCC1. The second-order valence-electron chi connectivity index (χ2n) is 6.47. The number of nitrogens with one attached hydrogen (secondary N) is 2. The quantitative estimate of drug-likeness (QED) is 0.757. The molecule has 0 spiro atoms. The Labute approximate surface area is 159 Å². The van der Waals surface area contributed by atoms with E-state index in [2.05, 4.69) is 15.0 Å². The lowest BCUT2D eigenvalue weighted by Gasteiger charge is -2.15. The Bertz CT molecular complexity index is 894. The molecule has 0 saturated heterocycles. The van der Waals surface area contributed by atoms with Gasteiger partial charge in [-0.3, -0.25) is 9.78 Å². The van der Waals surface area contributed by atoms with E-state index in [0.717, 1.165) is 31.4 Å². The predicted octanol–water partition coefficient (Wildman–Crippen LogP) is 2.24. The molecule has 0 atom stereocenters. The first-order valence-corrected chi connectivity index (χ1v) is 10.4. The Balaban J connectivity index is 1.79. The minimum Gasteiger partial charge on any atom is -0.495 e. The molecule has 0 bridgehead atoms. The van der Waals surface area contributed by atoms with Gasteiger partial charge in [0, 0.05) is 17.8 Å². The average Bonchev–Trinajstić information content (AvgIpc) is 3.18. The fraction of sp³-hybridized carbons (Fsp3) is 0.368. The monoisotopic (exact) mass is 389 g/mol. The number of methoxy groups -OCH3 is 1. The van der Waals surface area contributed by atoms with Gasteiger partial charge < -0.3 is 10.1 Å². The van der Waals surface area contributed by atoms with Gasteiger partial charge in [0.25, 0.3) is 5.91 Å². The van der Waals surface area contributed by atoms with E-state index in [1.54, 1.807) is 24.4 Å². The molecule has 27 heavy (non-hydrogen) atoms. The minimum absolute atomic E-state index is 0.0256. The van der Waals surface area contributed by atoms with E-state index in [9.17, 15) is 13.2 Å². The fourth-order valence-corrected chi connectivity index (χ4v) is 4.63. The lowest BCUT2D eigenvalue weighted by molar-refractivity contribution is 0.0950. The number of hydrogen-bond acceptors (Lipinski definition) is 5. The molecule has 1 aliphatic carbocycles. The molecule has 2 aromatic rings. The lowest BCUT2D eigenvalue weighted by Crippen LogP contribution is -2.33. The third kappa shape index (κ3) is 4.84. The molecule has 8 heteroatoms. The molecule has 0 radical (unpaired) electrons. The number of nitrogens with zero attached hydrogens (tertiary/aromatic N) is 1. The van der Waals surface area contributed by atoms with Crippen molar-refractivity contribution in [2.45, 2.75) is 43.2 Å². The van der Waals surface area contributed by atoms with Gasteiger partial charge in [-0.25, -0.2) is 13.1 Å². The van der Waals surface area contributed by atoms with Crippen LogP contribution in [0.3, 0.4) is 0 Å². The summed E-state index contributed by atoms with van der Waals surface area (Å²) in [4.78, 5) is 16.6. The number of amides is 1. The van der Waals surface area contributed by atoms with Crippen LogP contribution in [0.5, 0.6) is 5.75 Å². The van der Waals surface area contributed by atoms with Gasteiger partial charge in [-0.05, 0) is 43.2 Å². The van der Waals surface area contributed by atoms with E-state index < -0.39 is 10.0 Å². The smallest absolute Gasteiger partial charge is 0.251 e. The van der Waals surface area contributed by atoms with E-state index >= 15 is 0 Å². The molecular weight excluding hydrogens is 366 g/mol. The number of carbonyl (C=O) groups excluding carboxylic acids is 1. The molecule has 0 aliphatic heterocycles. The van der Waals surface area contributed by atoms with Gasteiger partial charge in [-0.2, -0.15) is 0 Å². The summed E-state index contributed by atoms with van der Waals surface area (Å²) in [6.45, 7) is 0.258. The highest BCUT2D eigenvalue weighted by molar-refractivity contribution is 7.89. The summed E-state index contributed by atoms with van der Waals surface area (Å²) in [5.41, 5.74) is 0.966. The van der Waals surface area contributed by atoms with E-state index in [0.29, 0.717) is 0 Å². The topological polar surface area (TPSA) is 97.4 Å². The summed E-state index contributed by atoms with van der Waals surface area (Å²) in [5, 5.41) is 2.75. The van der Waals surface area contributed by atoms with Crippen molar-refractivity contribution in [1.29, 1.82) is 0 Å². The van der Waals surface area contributed by atoms with Crippen LogP contribution >= 0.6 is 0 Å². The standard InChI is InChI=1S/C19H23N3O4S/c1-26-17-10-9-14(19(23)21-13-16-8-4-5-11-20-16)12-18(17)27(24,25)22-15-6-2-3-7-15/h4-5,8-12,15,22H,2-3,6-7,13H2,1H3,(H,21,23). The summed E-state index contributed by atoms with van der Waals surface area (Å²) < 4.78 is 33.5. The highest BCUT2D eigenvalue weighted by atomic mass is 32.2. The van der Waals surface area contributed by atoms with Gasteiger partial charge in [0.2, 0.25) is 10.0 Å². The predicted molar refractivity (Wildman–Crippen MR) is 101 cm³/mol. The van der Waals surface area contributed by atoms with Crippen LogP contribution in [0.15, 0.2) is 47.5 Å². The van der Waals surface area contributed by atoms with Crippen LogP contribution < -0.4 is 14.8 Å². The number of pyridine rings is 1. The van der Waals surface area contributed by atoms with Crippen molar-refractivity contribution in [3.63, 3.8) is 0 Å². The van der Waals surface area contributed by atoms with Gasteiger partial charge in [0.1, 0.15) is 10.6 Å². The number of hydrogen-bond donors (Lipinski definition) is 2. The number of rotatable bonds is 7. The highest BCUT2D eigenvalue weighted by Crippen LogP contribution is 2.27. The van der Waals surface area contributed by atoms with E-state index in [4.69, 9.17) is 4.74 Å². The van der Waals surface area contributed by atoms with Gasteiger partial charge in [-0.15, -0.1) is 0 Å². The van der Waals surface area contributed by atoms with Crippen molar-refractivity contribution in [2.24, 2.45) is 0 Å². The lowest BCUT2D eigenvalue weighted by atomic mass is 10.2. The molecule has 144 valence electrons. The molecule has 2 N–H and O–H groups in total. The zero-order valence-corrected chi connectivity index (χ0v) is 16.0. The van der Waals surface area contributed by atoms with Crippen LogP contribution in [-0.4, -0.2) is 32.5 Å². The van der Waals surface area contributed by atoms with Gasteiger partial charge in [0.05, 0.1) is 19.3 Å². The van der Waals surface area contributed by atoms with Crippen LogP contribution in [0, 0.1) is 0 Å². The number of aromatic nitrogens is 1. The van der Waals surface area contributed by atoms with Crippen LogP contribution in [0.25, 0.3) is 0 Å². The van der Waals surface area contributed by atoms with Crippen LogP contribution in [-0.2, 0) is 16.6 Å². The number of sulfonamides is 1. The summed E-state index contributed by atoms with van der Waals surface area (Å²) in [6.07, 6.45) is 5.33. The second kappa shape index (κ2) is 8.49. The average molecular weight is 389 g/mol. The van der Waals surface area contributed by atoms with Crippen LogP contribution in [0.4, 0.5) is 0 Å². The largest absolute Gasteiger partial charge is 0.495 e. The van der Waals surface area contributed by atoms with Crippen molar-refractivity contribution >= 4 is 15.9 Å². The molecule has 1 aliphatic rings. The Morgan fingerprint density at radius 2 is 2.00 bits per heavy atom. The highest BCUT2D eigenvalue weighted by Gasteiger charge is 2.26. The zero-order valence-electron chi connectivity index (χ0n) is 15.1. The molecule has 1 fully saturated rings. The summed E-state index contributed by atoms with van der Waals surface area (Å²) >= 11 is 0. The first-order valence-electron chi connectivity index (χ1n) is 8.88. The summed E-state index contributed by atoms with van der Waals surface area (Å²) in [5.74, 6) is -0.164. The Morgan fingerprint density at radius 3 is 2.67 bits per heavy atom. The van der Waals surface area contributed by atoms with Crippen molar-refractivity contribution in [3.05, 3.63) is 53.9 Å². The molecule has 3 rings (SSSR count). The normalized spacial score (nSPS) is 14.9. The number of carbonyl (C=O) groups is 1. The number of ether oxygens (including phenoxy) is 1. The molecule has 1 heterocycles. The fourth-order valence-electron chi connectivity index (χ4n) is 3.13. The first kappa shape index (κ1) is 19.3. The van der Waals surface area contributed by atoms with Crippen LogP contribution in [0.2, 0.25) is 0 Å². The first-order chi connectivity index (χ1) is 13.0. The second-order valence-corrected chi connectivity index (χ2v) is 8.15. The summed E-state index contributed by atoms with van der Waals surface area (Å²) in [6, 6.07) is 9.76. The Hall–Kier alpha value is -2.45. The molecule has 1 aromatic heterocycles. The molecule has 1 saturated carbocycles. The maximum Gasteiger partial charge on any atom is 0.251 e. The number of benzene rings is 1. The third-order valence-corrected chi connectivity index (χ3v) is 6.09. The Morgan fingerprint density at radius 1 is 1.22 bits per heavy atom. The van der Waals surface area contributed by atoms with E-state index in [1.807, 2.05) is 6.07 Å². The molecule has 1 aromatic carbocycles. The third-order valence-electron chi connectivity index (χ3n) is 4.55. The van der Waals surface area contributed by atoms with Gasteiger partial charge in [0.15, 0.2) is 0 Å². The molecular formula is C19H23N3O4S. The molecule has 0 unspecified atom stereocenters. The van der Waals surface area contributed by atoms with Gasteiger partial charge in [-0.1, -0.05) is 18.9 Å². The van der Waals surface area contributed by atoms with Crippen LogP contribution in [0.1, 0.15) is 41.7 Å². The maximum atomic E-state index is 12.8. The zero-order chi connectivity index (χ0) is 19.3. The molecule has 7 nitrogen and oxygen atoms in total. The molecule has 1 amide bonds. The minimum atomic E-state index is -3.78. The van der Waals surface area contributed by atoms with E-state index in [1.165, 1.54) is 19.2 Å². The van der Waals surface area contributed by atoms with Crippen molar-refractivity contribution in [2.75, 3.05) is 7.11 Å². The summed E-state index contributed by atoms with van der Waals surface area (Å²) in [7, 11) is -2.37. The van der Waals surface area contributed by atoms with Gasteiger partial charge >= 0.3 is 0 Å². The van der Waals surface area contributed by atoms with E-state index in [-0.39, 0.29) is 34.7 Å².